The zero-order valence-electron chi connectivity index (χ0n) is 13.6. The zero-order valence-corrected chi connectivity index (χ0v) is 15.2. The first kappa shape index (κ1) is 16.0. The molecule has 0 atom stereocenters. The van der Waals surface area contributed by atoms with Gasteiger partial charge in [0.25, 0.3) is 0 Å². The van der Waals surface area contributed by atoms with Gasteiger partial charge in [-0.15, -0.1) is 22.7 Å². The predicted octanol–water partition coefficient (Wildman–Crippen LogP) is 4.76. The Bertz CT molecular complexity index is 879. The third-order valence-electron chi connectivity index (χ3n) is 3.17. The van der Waals surface area contributed by atoms with Gasteiger partial charge in [-0.3, -0.25) is 4.99 Å². The van der Waals surface area contributed by atoms with Gasteiger partial charge in [-0.1, -0.05) is 6.07 Å². The summed E-state index contributed by atoms with van der Waals surface area (Å²) in [5.74, 6) is 1.67. The number of hydrogen-bond donors (Lipinski definition) is 0. The molecular weight excluding hydrogens is 326 g/mol. The summed E-state index contributed by atoms with van der Waals surface area (Å²) < 4.78 is 7.60. The Labute approximate surface area is 143 Å². The van der Waals surface area contributed by atoms with Crippen LogP contribution in [0.1, 0.15) is 32.3 Å². The lowest BCUT2D eigenvalue weighted by Crippen LogP contribution is -2.15. The predicted molar refractivity (Wildman–Crippen MR) is 97.4 cm³/mol. The highest BCUT2D eigenvalue weighted by atomic mass is 32.1. The Kier molecular flexibility index (Phi) is 4.63. The van der Waals surface area contributed by atoms with Crippen LogP contribution < -0.4 is 4.80 Å². The monoisotopic (exact) mass is 345 g/mol. The van der Waals surface area contributed by atoms with Crippen molar-refractivity contribution in [3.8, 4) is 10.6 Å². The van der Waals surface area contributed by atoms with E-state index in [1.165, 1.54) is 4.88 Å². The maximum atomic E-state index is 5.68. The van der Waals surface area contributed by atoms with Crippen molar-refractivity contribution in [3.63, 3.8) is 0 Å². The number of aromatic nitrogens is 1. The van der Waals surface area contributed by atoms with Gasteiger partial charge in [-0.25, -0.2) is 4.68 Å². The summed E-state index contributed by atoms with van der Waals surface area (Å²) in [5, 5.41) is 8.96. The smallest absolute Gasteiger partial charge is 0.206 e. The molecule has 3 rings (SSSR count). The van der Waals surface area contributed by atoms with Gasteiger partial charge in [-0.2, -0.15) is 5.10 Å². The fraction of sp³-hybridized carbons (Fsp3) is 0.294. The van der Waals surface area contributed by atoms with Gasteiger partial charge in [0.1, 0.15) is 17.2 Å². The molecule has 3 aromatic heterocycles. The van der Waals surface area contributed by atoms with Crippen LogP contribution in [0.4, 0.5) is 0 Å². The van der Waals surface area contributed by atoms with Crippen molar-refractivity contribution in [2.24, 2.45) is 10.1 Å². The molecule has 0 bridgehead atoms. The van der Waals surface area contributed by atoms with E-state index in [0.29, 0.717) is 0 Å². The van der Waals surface area contributed by atoms with Crippen LogP contribution in [0.3, 0.4) is 0 Å². The fourth-order valence-corrected chi connectivity index (χ4v) is 3.89. The third-order valence-corrected chi connectivity index (χ3v) is 4.90. The van der Waals surface area contributed by atoms with Crippen LogP contribution in [0.5, 0.6) is 0 Å². The molecule has 0 saturated heterocycles. The summed E-state index contributed by atoms with van der Waals surface area (Å²) in [6, 6.07) is 8.27. The minimum absolute atomic E-state index is 0.220. The van der Waals surface area contributed by atoms with Crippen LogP contribution in [0.25, 0.3) is 10.6 Å². The Morgan fingerprint density at radius 3 is 2.65 bits per heavy atom. The molecule has 3 aromatic rings. The summed E-state index contributed by atoms with van der Waals surface area (Å²) in [5.41, 5.74) is 1.89. The first-order valence-electron chi connectivity index (χ1n) is 7.45. The minimum Gasteiger partial charge on any atom is -0.460 e. The second-order valence-electron chi connectivity index (χ2n) is 5.51. The largest absolute Gasteiger partial charge is 0.460 e. The van der Waals surface area contributed by atoms with Crippen molar-refractivity contribution in [2.75, 3.05) is 0 Å². The highest BCUT2D eigenvalue weighted by Crippen LogP contribution is 2.25. The SMILES string of the molecule is CC(=Nn1c(-c2cccs2)csc1=NC(C)C)c1ccc(C)o1. The molecular formula is C17H19N3OS2. The molecule has 0 unspecified atom stereocenters. The van der Waals surface area contributed by atoms with Crippen molar-refractivity contribution in [3.05, 3.63) is 51.3 Å². The second-order valence-corrected chi connectivity index (χ2v) is 7.30. The van der Waals surface area contributed by atoms with Crippen molar-refractivity contribution in [2.45, 2.75) is 33.7 Å². The van der Waals surface area contributed by atoms with Crippen molar-refractivity contribution in [1.29, 1.82) is 0 Å². The lowest BCUT2D eigenvalue weighted by atomic mass is 10.3. The molecule has 0 saturated carbocycles. The van der Waals surface area contributed by atoms with Crippen LogP contribution in [-0.4, -0.2) is 16.4 Å². The van der Waals surface area contributed by atoms with Gasteiger partial charge in [0.2, 0.25) is 4.80 Å². The number of thiazole rings is 1. The highest BCUT2D eigenvalue weighted by Gasteiger charge is 2.11. The zero-order chi connectivity index (χ0) is 16.4. The number of hydrogen-bond acceptors (Lipinski definition) is 5. The molecule has 0 aliphatic carbocycles. The molecule has 3 heterocycles. The maximum Gasteiger partial charge on any atom is 0.206 e. The van der Waals surface area contributed by atoms with Gasteiger partial charge in [0.15, 0.2) is 0 Å². The van der Waals surface area contributed by atoms with Crippen LogP contribution in [0.15, 0.2) is 49.5 Å². The van der Waals surface area contributed by atoms with E-state index in [9.17, 15) is 0 Å². The Morgan fingerprint density at radius 1 is 1.22 bits per heavy atom. The quantitative estimate of drug-likeness (QED) is 0.629. The molecule has 120 valence electrons. The summed E-state index contributed by atoms with van der Waals surface area (Å²) in [6.07, 6.45) is 0. The van der Waals surface area contributed by atoms with Crippen LogP contribution in [-0.2, 0) is 0 Å². The van der Waals surface area contributed by atoms with Crippen molar-refractivity contribution >= 4 is 28.4 Å². The topological polar surface area (TPSA) is 42.8 Å². The van der Waals surface area contributed by atoms with Gasteiger partial charge in [0.05, 0.1) is 10.6 Å². The second kappa shape index (κ2) is 6.68. The number of thiophene rings is 1. The van der Waals surface area contributed by atoms with Crippen LogP contribution >= 0.6 is 22.7 Å². The average molecular weight is 345 g/mol. The number of nitrogens with zero attached hydrogens (tertiary/aromatic N) is 3. The normalized spacial score (nSPS) is 13.3. The van der Waals surface area contributed by atoms with Crippen molar-refractivity contribution in [1.82, 2.24) is 4.68 Å². The summed E-state index contributed by atoms with van der Waals surface area (Å²) >= 11 is 3.31. The number of aryl methyl sites for hydroxylation is 1. The molecule has 0 aromatic carbocycles. The third kappa shape index (κ3) is 3.54. The number of rotatable bonds is 4. The van der Waals surface area contributed by atoms with E-state index in [-0.39, 0.29) is 6.04 Å². The van der Waals surface area contributed by atoms with Gasteiger partial charge >= 0.3 is 0 Å². The molecule has 23 heavy (non-hydrogen) atoms. The van der Waals surface area contributed by atoms with Crippen LogP contribution in [0, 0.1) is 6.92 Å². The molecule has 4 nitrogen and oxygen atoms in total. The summed E-state index contributed by atoms with van der Waals surface area (Å²) in [6.45, 7) is 8.04. The first-order valence-corrected chi connectivity index (χ1v) is 9.21. The molecule has 0 aliphatic heterocycles. The first-order chi connectivity index (χ1) is 11.0. The van der Waals surface area contributed by atoms with E-state index in [1.54, 1.807) is 22.7 Å². The molecule has 0 N–H and O–H groups in total. The van der Waals surface area contributed by atoms with Gasteiger partial charge in [-0.05, 0) is 51.3 Å². The molecule has 0 aliphatic rings. The van der Waals surface area contributed by atoms with Crippen LogP contribution in [0.2, 0.25) is 0 Å². The molecule has 0 spiro atoms. The average Bonchev–Trinajstić information content (AvgIpc) is 3.20. The Hall–Kier alpha value is -1.92. The summed E-state index contributed by atoms with van der Waals surface area (Å²) in [4.78, 5) is 6.76. The standard InChI is InChI=1S/C17H19N3OS2/c1-11(2)18-17-20(14(10-23-17)16-6-5-9-22-16)19-13(4)15-8-7-12(3)21-15/h5-11H,1-4H3. The minimum atomic E-state index is 0.220. The van der Waals surface area contributed by atoms with Gasteiger partial charge in [0, 0.05) is 11.4 Å². The van der Waals surface area contributed by atoms with E-state index in [4.69, 9.17) is 14.5 Å². The Balaban J connectivity index is 2.14. The summed E-state index contributed by atoms with van der Waals surface area (Å²) in [7, 11) is 0. The molecule has 6 heteroatoms. The molecule has 0 amide bonds. The molecule has 0 fully saturated rings. The van der Waals surface area contributed by atoms with E-state index in [1.807, 2.05) is 36.7 Å². The van der Waals surface area contributed by atoms with E-state index in [0.717, 1.165) is 27.7 Å². The Morgan fingerprint density at radius 2 is 2.04 bits per heavy atom. The van der Waals surface area contributed by atoms with E-state index < -0.39 is 0 Å². The van der Waals surface area contributed by atoms with Gasteiger partial charge < -0.3 is 4.42 Å². The highest BCUT2D eigenvalue weighted by molar-refractivity contribution is 7.14. The number of furan rings is 1. The van der Waals surface area contributed by atoms with Crippen molar-refractivity contribution < 1.29 is 4.42 Å². The van der Waals surface area contributed by atoms with E-state index >= 15 is 0 Å². The molecule has 0 radical (unpaired) electrons. The van der Waals surface area contributed by atoms with E-state index in [2.05, 4.69) is 30.7 Å². The maximum absolute atomic E-state index is 5.68. The fourth-order valence-electron chi connectivity index (χ4n) is 2.13. The lowest BCUT2D eigenvalue weighted by molar-refractivity contribution is 0.524. The lowest BCUT2D eigenvalue weighted by Gasteiger charge is -2.04.